The number of imidazole rings is 1. The van der Waals surface area contributed by atoms with Crippen molar-refractivity contribution < 1.29 is 0 Å². The minimum atomic E-state index is 0.571. The number of nitrogens with zero attached hydrogens (tertiary/aromatic N) is 2. The monoisotopic (exact) mass is 282 g/mol. The Labute approximate surface area is 117 Å². The third-order valence-corrected chi connectivity index (χ3v) is 4.18. The summed E-state index contributed by atoms with van der Waals surface area (Å²) in [5.74, 6) is 2.52. The lowest BCUT2D eigenvalue weighted by Crippen LogP contribution is -2.26. The maximum atomic E-state index is 6.10. The van der Waals surface area contributed by atoms with Crippen molar-refractivity contribution in [1.82, 2.24) is 9.55 Å². The van der Waals surface area contributed by atoms with Crippen LogP contribution in [-0.2, 0) is 6.42 Å². The van der Waals surface area contributed by atoms with Gasteiger partial charge in [-0.15, -0.1) is 11.6 Å². The van der Waals surface area contributed by atoms with Gasteiger partial charge in [-0.1, -0.05) is 18.5 Å². The Morgan fingerprint density at radius 2 is 2.17 bits per heavy atom. The quantitative estimate of drug-likeness (QED) is 0.761. The first-order valence-electron chi connectivity index (χ1n) is 6.41. The summed E-state index contributed by atoms with van der Waals surface area (Å²) >= 11 is 12.0. The number of aromatic nitrogens is 2. The average molecular weight is 283 g/mol. The molecule has 0 aliphatic heterocycles. The van der Waals surface area contributed by atoms with Gasteiger partial charge in [-0.2, -0.15) is 0 Å². The Kier molecular flexibility index (Phi) is 3.25. The van der Waals surface area contributed by atoms with Gasteiger partial charge in [0.05, 0.1) is 11.0 Å². The first-order chi connectivity index (χ1) is 8.69. The van der Waals surface area contributed by atoms with Crippen LogP contribution in [-0.4, -0.2) is 15.4 Å². The van der Waals surface area contributed by atoms with E-state index < -0.39 is 0 Å². The van der Waals surface area contributed by atoms with Gasteiger partial charge in [0.25, 0.3) is 0 Å². The maximum Gasteiger partial charge on any atom is 0.111 e. The van der Waals surface area contributed by atoms with Crippen LogP contribution < -0.4 is 0 Å². The summed E-state index contributed by atoms with van der Waals surface area (Å²) in [5, 5.41) is 0.772. The van der Waals surface area contributed by atoms with Gasteiger partial charge in [0.15, 0.2) is 0 Å². The number of fused-ring (bicyclic) bond motifs is 1. The summed E-state index contributed by atoms with van der Waals surface area (Å²) < 4.78 is 2.35. The molecule has 0 bridgehead atoms. The van der Waals surface area contributed by atoms with E-state index in [-0.39, 0.29) is 0 Å². The van der Waals surface area contributed by atoms with E-state index in [0.29, 0.717) is 11.9 Å². The highest BCUT2D eigenvalue weighted by atomic mass is 35.5. The SMILES string of the molecule is CC1CC(n2c(CCCl)nc3ccc(Cl)cc32)C1. The highest BCUT2D eigenvalue weighted by Gasteiger charge is 2.29. The van der Waals surface area contributed by atoms with E-state index in [1.54, 1.807) is 0 Å². The van der Waals surface area contributed by atoms with Gasteiger partial charge in [0, 0.05) is 23.4 Å². The first kappa shape index (κ1) is 12.3. The second kappa shape index (κ2) is 4.75. The van der Waals surface area contributed by atoms with Crippen LogP contribution >= 0.6 is 23.2 Å². The van der Waals surface area contributed by atoms with Crippen LogP contribution in [0.1, 0.15) is 31.6 Å². The van der Waals surface area contributed by atoms with Crippen LogP contribution in [0.2, 0.25) is 5.02 Å². The lowest BCUT2D eigenvalue weighted by atomic mass is 9.81. The Balaban J connectivity index is 2.11. The molecular weight excluding hydrogens is 267 g/mol. The first-order valence-corrected chi connectivity index (χ1v) is 7.32. The van der Waals surface area contributed by atoms with E-state index in [1.807, 2.05) is 18.2 Å². The molecule has 1 fully saturated rings. The highest BCUT2D eigenvalue weighted by Crippen LogP contribution is 2.40. The van der Waals surface area contributed by atoms with Crippen LogP contribution in [0, 0.1) is 5.92 Å². The van der Waals surface area contributed by atoms with E-state index >= 15 is 0 Å². The fraction of sp³-hybridized carbons (Fsp3) is 0.500. The molecule has 96 valence electrons. The van der Waals surface area contributed by atoms with Gasteiger partial charge < -0.3 is 4.57 Å². The molecule has 1 heterocycles. The van der Waals surface area contributed by atoms with E-state index in [4.69, 9.17) is 28.2 Å². The summed E-state index contributed by atoms with van der Waals surface area (Å²) in [6, 6.07) is 6.48. The number of benzene rings is 1. The van der Waals surface area contributed by atoms with Crippen LogP contribution in [0.4, 0.5) is 0 Å². The highest BCUT2D eigenvalue weighted by molar-refractivity contribution is 6.31. The van der Waals surface area contributed by atoms with Crippen molar-refractivity contribution in [3.8, 4) is 0 Å². The molecule has 0 amide bonds. The summed E-state index contributed by atoms with van der Waals surface area (Å²) in [6.45, 7) is 2.30. The van der Waals surface area contributed by atoms with E-state index in [0.717, 1.165) is 34.2 Å². The molecule has 0 unspecified atom stereocenters. The second-order valence-electron chi connectivity index (χ2n) is 5.20. The molecule has 0 atom stereocenters. The molecule has 0 radical (unpaired) electrons. The fourth-order valence-electron chi connectivity index (χ4n) is 2.86. The summed E-state index contributed by atoms with van der Waals surface area (Å²) in [6.07, 6.45) is 3.28. The zero-order valence-corrected chi connectivity index (χ0v) is 11.9. The molecule has 0 saturated heterocycles. The van der Waals surface area contributed by atoms with Gasteiger partial charge in [-0.05, 0) is 37.0 Å². The van der Waals surface area contributed by atoms with Crippen LogP contribution in [0.3, 0.4) is 0 Å². The van der Waals surface area contributed by atoms with Crippen LogP contribution in [0.5, 0.6) is 0 Å². The van der Waals surface area contributed by atoms with Crippen molar-refractivity contribution in [1.29, 1.82) is 0 Å². The minimum Gasteiger partial charge on any atom is -0.325 e. The molecule has 0 N–H and O–H groups in total. The van der Waals surface area contributed by atoms with Gasteiger partial charge in [0.1, 0.15) is 5.82 Å². The molecule has 1 aliphatic rings. The molecule has 3 rings (SSSR count). The standard InChI is InChI=1S/C14H16Cl2N2/c1-9-6-11(7-9)18-13-8-10(16)2-3-12(13)17-14(18)4-5-15/h2-3,8-9,11H,4-7H2,1H3. The molecule has 1 aliphatic carbocycles. The predicted octanol–water partition coefficient (Wildman–Crippen LogP) is 4.44. The number of hydrogen-bond donors (Lipinski definition) is 0. The van der Waals surface area contributed by atoms with Crippen molar-refractivity contribution >= 4 is 34.2 Å². The topological polar surface area (TPSA) is 17.8 Å². The lowest BCUT2D eigenvalue weighted by molar-refractivity contribution is 0.217. The molecule has 18 heavy (non-hydrogen) atoms. The Bertz CT molecular complexity index is 570. The third kappa shape index (κ3) is 2.02. The molecule has 2 aromatic rings. The smallest absolute Gasteiger partial charge is 0.111 e. The Hall–Kier alpha value is -0.730. The number of hydrogen-bond acceptors (Lipinski definition) is 1. The number of halogens is 2. The number of aryl methyl sites for hydroxylation is 1. The van der Waals surface area contributed by atoms with E-state index in [2.05, 4.69) is 11.5 Å². The summed E-state index contributed by atoms with van der Waals surface area (Å²) in [7, 11) is 0. The van der Waals surface area contributed by atoms with E-state index in [1.165, 1.54) is 12.8 Å². The molecule has 1 aromatic carbocycles. The zero-order valence-electron chi connectivity index (χ0n) is 10.4. The Morgan fingerprint density at radius 3 is 2.83 bits per heavy atom. The fourth-order valence-corrected chi connectivity index (χ4v) is 3.19. The van der Waals surface area contributed by atoms with Gasteiger partial charge >= 0.3 is 0 Å². The zero-order chi connectivity index (χ0) is 12.7. The molecule has 2 nitrogen and oxygen atoms in total. The Morgan fingerprint density at radius 1 is 1.39 bits per heavy atom. The van der Waals surface area contributed by atoms with Crippen molar-refractivity contribution in [2.45, 2.75) is 32.2 Å². The summed E-state index contributed by atoms with van der Waals surface area (Å²) in [4.78, 5) is 4.69. The van der Waals surface area contributed by atoms with Crippen LogP contribution in [0.15, 0.2) is 18.2 Å². The number of rotatable bonds is 3. The van der Waals surface area contributed by atoms with Crippen molar-refractivity contribution in [3.05, 3.63) is 29.0 Å². The summed E-state index contributed by atoms with van der Waals surface area (Å²) in [5.41, 5.74) is 2.18. The van der Waals surface area contributed by atoms with Crippen molar-refractivity contribution in [2.75, 3.05) is 5.88 Å². The van der Waals surface area contributed by atoms with Gasteiger partial charge in [-0.3, -0.25) is 0 Å². The molecule has 1 saturated carbocycles. The minimum absolute atomic E-state index is 0.571. The van der Waals surface area contributed by atoms with Crippen molar-refractivity contribution in [3.63, 3.8) is 0 Å². The normalized spacial score (nSPS) is 23.3. The molecular formula is C14H16Cl2N2. The second-order valence-corrected chi connectivity index (χ2v) is 6.01. The largest absolute Gasteiger partial charge is 0.325 e. The van der Waals surface area contributed by atoms with Gasteiger partial charge in [0.2, 0.25) is 0 Å². The van der Waals surface area contributed by atoms with Crippen LogP contribution in [0.25, 0.3) is 11.0 Å². The molecule has 4 heteroatoms. The molecule has 0 spiro atoms. The maximum absolute atomic E-state index is 6.10. The third-order valence-electron chi connectivity index (χ3n) is 3.76. The lowest BCUT2D eigenvalue weighted by Gasteiger charge is -2.35. The average Bonchev–Trinajstić information content (AvgIpc) is 2.63. The van der Waals surface area contributed by atoms with E-state index in [9.17, 15) is 0 Å². The predicted molar refractivity (Wildman–Crippen MR) is 76.6 cm³/mol. The molecule has 1 aromatic heterocycles. The van der Waals surface area contributed by atoms with Gasteiger partial charge in [-0.25, -0.2) is 4.98 Å². The van der Waals surface area contributed by atoms with Crippen molar-refractivity contribution in [2.24, 2.45) is 5.92 Å². The number of alkyl halides is 1.